The SMILES string of the molecule is CCc1nn2c(C)cc(N3CCCCC3)nc2c1Nc1nc(-c2ccc(F)cc2)c(C#N)s1. The second-order valence-electron chi connectivity index (χ2n) is 8.15. The number of aryl methyl sites for hydroxylation is 2. The van der Waals surface area contributed by atoms with Gasteiger partial charge in [-0.25, -0.2) is 18.9 Å². The van der Waals surface area contributed by atoms with E-state index in [1.54, 1.807) is 12.1 Å². The van der Waals surface area contributed by atoms with Gasteiger partial charge in [0.05, 0.1) is 5.69 Å². The highest BCUT2D eigenvalue weighted by atomic mass is 32.1. The summed E-state index contributed by atoms with van der Waals surface area (Å²) in [6.45, 7) is 6.13. The van der Waals surface area contributed by atoms with Gasteiger partial charge in [-0.05, 0) is 56.9 Å². The topological polar surface area (TPSA) is 82.1 Å². The summed E-state index contributed by atoms with van der Waals surface area (Å²) in [5.41, 5.74) is 4.71. The molecule has 0 amide bonds. The van der Waals surface area contributed by atoms with Gasteiger partial charge in [-0.15, -0.1) is 0 Å². The van der Waals surface area contributed by atoms with Crippen LogP contribution in [-0.2, 0) is 6.42 Å². The summed E-state index contributed by atoms with van der Waals surface area (Å²) in [6, 6.07) is 10.3. The zero-order valence-corrected chi connectivity index (χ0v) is 19.4. The minimum atomic E-state index is -0.323. The Hall–Kier alpha value is -3.51. The van der Waals surface area contributed by atoms with E-state index in [-0.39, 0.29) is 5.82 Å². The quantitative estimate of drug-likeness (QED) is 0.424. The maximum Gasteiger partial charge on any atom is 0.189 e. The summed E-state index contributed by atoms with van der Waals surface area (Å²) in [4.78, 5) is 12.4. The van der Waals surface area contributed by atoms with Crippen LogP contribution < -0.4 is 10.2 Å². The molecule has 0 unspecified atom stereocenters. The Morgan fingerprint density at radius 1 is 1.15 bits per heavy atom. The standard InChI is InChI=1S/C24H24FN7S/c1-3-18-22(23-27-20(13-15(2)32(23)30-18)31-11-5-4-6-12-31)29-24-28-21(19(14-26)33-24)16-7-9-17(25)10-8-16/h7-10,13H,3-6,11-12H2,1-2H3,(H,28,29). The highest BCUT2D eigenvalue weighted by molar-refractivity contribution is 7.16. The molecule has 1 aliphatic rings. The van der Waals surface area contributed by atoms with Crippen LogP contribution in [0.5, 0.6) is 0 Å². The minimum Gasteiger partial charge on any atom is -0.356 e. The number of piperidine rings is 1. The zero-order chi connectivity index (χ0) is 22.9. The number of thiazole rings is 1. The first-order valence-electron chi connectivity index (χ1n) is 11.2. The number of hydrogen-bond acceptors (Lipinski definition) is 7. The van der Waals surface area contributed by atoms with Gasteiger partial charge in [0, 0.05) is 30.4 Å². The summed E-state index contributed by atoms with van der Waals surface area (Å²) in [5.74, 6) is 0.643. The molecule has 33 heavy (non-hydrogen) atoms. The molecule has 0 spiro atoms. The predicted octanol–water partition coefficient (Wildman–Crippen LogP) is 5.47. The molecule has 5 rings (SSSR count). The number of fused-ring (bicyclic) bond motifs is 1. The summed E-state index contributed by atoms with van der Waals surface area (Å²) in [7, 11) is 0. The van der Waals surface area contributed by atoms with E-state index < -0.39 is 0 Å². The Labute approximate surface area is 195 Å². The third-order valence-corrected chi connectivity index (χ3v) is 6.79. The van der Waals surface area contributed by atoms with Crippen molar-refractivity contribution in [2.75, 3.05) is 23.3 Å². The summed E-state index contributed by atoms with van der Waals surface area (Å²) in [6.07, 6.45) is 4.35. The Balaban J connectivity index is 1.56. The molecule has 168 valence electrons. The van der Waals surface area contributed by atoms with Crippen molar-refractivity contribution in [3.05, 3.63) is 52.4 Å². The van der Waals surface area contributed by atoms with Crippen molar-refractivity contribution in [1.29, 1.82) is 5.26 Å². The average Bonchev–Trinajstić information content (AvgIpc) is 3.42. The second kappa shape index (κ2) is 8.79. The Morgan fingerprint density at radius 2 is 1.91 bits per heavy atom. The van der Waals surface area contributed by atoms with Gasteiger partial charge in [-0.1, -0.05) is 18.3 Å². The molecular formula is C24H24FN7S. The molecule has 1 aliphatic heterocycles. The van der Waals surface area contributed by atoms with Gasteiger partial charge >= 0.3 is 0 Å². The van der Waals surface area contributed by atoms with E-state index in [2.05, 4.69) is 34.3 Å². The number of nitriles is 1. The lowest BCUT2D eigenvalue weighted by Crippen LogP contribution is -2.30. The van der Waals surface area contributed by atoms with Gasteiger partial charge in [-0.2, -0.15) is 10.4 Å². The van der Waals surface area contributed by atoms with Gasteiger partial charge in [-0.3, -0.25) is 0 Å². The number of nitrogens with zero attached hydrogens (tertiary/aromatic N) is 6. The van der Waals surface area contributed by atoms with Crippen LogP contribution in [0.15, 0.2) is 30.3 Å². The number of nitrogens with one attached hydrogen (secondary N) is 1. The molecule has 0 aliphatic carbocycles. The molecule has 0 radical (unpaired) electrons. The average molecular weight is 462 g/mol. The van der Waals surface area contributed by atoms with Gasteiger partial charge in [0.25, 0.3) is 0 Å². The number of anilines is 3. The van der Waals surface area contributed by atoms with Crippen molar-refractivity contribution in [3.8, 4) is 17.3 Å². The summed E-state index contributed by atoms with van der Waals surface area (Å²) in [5, 5.41) is 18.4. The van der Waals surface area contributed by atoms with E-state index >= 15 is 0 Å². The van der Waals surface area contributed by atoms with E-state index in [1.807, 2.05) is 11.4 Å². The van der Waals surface area contributed by atoms with Crippen LogP contribution in [0, 0.1) is 24.1 Å². The normalized spacial score (nSPS) is 13.9. The van der Waals surface area contributed by atoms with Crippen LogP contribution in [0.3, 0.4) is 0 Å². The van der Waals surface area contributed by atoms with E-state index in [0.29, 0.717) is 21.3 Å². The largest absolute Gasteiger partial charge is 0.356 e. The fourth-order valence-electron chi connectivity index (χ4n) is 4.21. The molecule has 4 aromatic rings. The number of aromatic nitrogens is 4. The van der Waals surface area contributed by atoms with Crippen molar-refractivity contribution >= 4 is 33.6 Å². The van der Waals surface area contributed by atoms with Crippen molar-refractivity contribution in [3.63, 3.8) is 0 Å². The minimum absolute atomic E-state index is 0.323. The molecule has 7 nitrogen and oxygen atoms in total. The second-order valence-corrected chi connectivity index (χ2v) is 9.15. The molecule has 0 bridgehead atoms. The fraction of sp³-hybridized carbons (Fsp3) is 0.333. The lowest BCUT2D eigenvalue weighted by molar-refractivity contribution is 0.573. The monoisotopic (exact) mass is 461 g/mol. The number of rotatable bonds is 5. The Morgan fingerprint density at radius 3 is 2.61 bits per heavy atom. The van der Waals surface area contributed by atoms with Gasteiger partial charge < -0.3 is 10.2 Å². The summed E-state index contributed by atoms with van der Waals surface area (Å²) >= 11 is 1.27. The molecule has 1 N–H and O–H groups in total. The maximum atomic E-state index is 13.4. The zero-order valence-electron chi connectivity index (χ0n) is 18.6. The van der Waals surface area contributed by atoms with Crippen molar-refractivity contribution in [2.45, 2.75) is 39.5 Å². The van der Waals surface area contributed by atoms with E-state index in [1.165, 1.54) is 42.7 Å². The molecule has 3 aromatic heterocycles. The van der Waals surface area contributed by atoms with Crippen molar-refractivity contribution < 1.29 is 4.39 Å². The van der Waals surface area contributed by atoms with E-state index in [9.17, 15) is 9.65 Å². The Kier molecular flexibility index (Phi) is 5.68. The lowest BCUT2D eigenvalue weighted by Gasteiger charge is -2.28. The lowest BCUT2D eigenvalue weighted by atomic mass is 10.1. The van der Waals surface area contributed by atoms with Crippen molar-refractivity contribution in [1.82, 2.24) is 19.6 Å². The molecule has 9 heteroatoms. The number of hydrogen-bond donors (Lipinski definition) is 1. The van der Waals surface area contributed by atoms with E-state index in [0.717, 1.165) is 48.1 Å². The highest BCUT2D eigenvalue weighted by Gasteiger charge is 2.21. The molecular weight excluding hydrogens is 437 g/mol. The fourth-order valence-corrected chi connectivity index (χ4v) is 5.00. The van der Waals surface area contributed by atoms with Crippen LogP contribution in [0.1, 0.15) is 42.5 Å². The first kappa shape index (κ1) is 21.3. The van der Waals surface area contributed by atoms with Crippen LogP contribution in [-0.4, -0.2) is 32.7 Å². The van der Waals surface area contributed by atoms with E-state index in [4.69, 9.17) is 10.1 Å². The van der Waals surface area contributed by atoms with Gasteiger partial charge in [0.1, 0.15) is 34.0 Å². The van der Waals surface area contributed by atoms with Crippen LogP contribution in [0.2, 0.25) is 0 Å². The number of benzene rings is 1. The van der Waals surface area contributed by atoms with Crippen LogP contribution >= 0.6 is 11.3 Å². The first-order valence-corrected chi connectivity index (χ1v) is 12.0. The molecule has 0 atom stereocenters. The molecule has 1 aromatic carbocycles. The number of halogens is 1. The highest BCUT2D eigenvalue weighted by Crippen LogP contribution is 2.35. The molecule has 1 fully saturated rings. The maximum absolute atomic E-state index is 13.4. The van der Waals surface area contributed by atoms with Gasteiger partial charge in [0.15, 0.2) is 10.8 Å². The van der Waals surface area contributed by atoms with Crippen LogP contribution in [0.4, 0.5) is 21.0 Å². The first-order chi connectivity index (χ1) is 16.1. The summed E-state index contributed by atoms with van der Waals surface area (Å²) < 4.78 is 15.2. The smallest absolute Gasteiger partial charge is 0.189 e. The third kappa shape index (κ3) is 4.02. The van der Waals surface area contributed by atoms with Gasteiger partial charge in [0.2, 0.25) is 0 Å². The molecule has 4 heterocycles. The Bertz CT molecular complexity index is 1340. The third-order valence-electron chi connectivity index (χ3n) is 5.92. The van der Waals surface area contributed by atoms with Crippen LogP contribution in [0.25, 0.3) is 16.9 Å². The predicted molar refractivity (Wildman–Crippen MR) is 129 cm³/mol. The van der Waals surface area contributed by atoms with Crippen molar-refractivity contribution in [2.24, 2.45) is 0 Å². The molecule has 1 saturated heterocycles. The molecule has 0 saturated carbocycles.